The zero-order chi connectivity index (χ0) is 44.4. The highest BCUT2D eigenvalue weighted by atomic mass is 16.5. The van der Waals surface area contributed by atoms with Crippen molar-refractivity contribution in [1.29, 1.82) is 0 Å². The average Bonchev–Trinajstić information content (AvgIpc) is 3.80. The first-order valence-electron chi connectivity index (χ1n) is 21.2. The van der Waals surface area contributed by atoms with Crippen molar-refractivity contribution in [1.82, 2.24) is 24.6 Å². The van der Waals surface area contributed by atoms with E-state index in [4.69, 9.17) is 16.2 Å². The molecule has 2 aromatic heterocycles. The van der Waals surface area contributed by atoms with Gasteiger partial charge in [-0.25, -0.2) is 9.67 Å². The summed E-state index contributed by atoms with van der Waals surface area (Å²) in [5.41, 5.74) is 16.1. The molecule has 1 saturated heterocycles. The van der Waals surface area contributed by atoms with E-state index in [0.717, 1.165) is 63.1 Å². The summed E-state index contributed by atoms with van der Waals surface area (Å²) in [6.45, 7) is 1.85. The maximum absolute atomic E-state index is 13.7. The van der Waals surface area contributed by atoms with Gasteiger partial charge >= 0.3 is 23.6 Å². The second-order valence-electron chi connectivity index (χ2n) is 15.6. The number of aromatic nitrogens is 3. The molecule has 13 heteroatoms. The van der Waals surface area contributed by atoms with Crippen LogP contribution in [-0.2, 0) is 50.1 Å². The number of amides is 4. The molecule has 322 valence electrons. The number of nitrogens with one attached hydrogen (secondary N) is 1. The van der Waals surface area contributed by atoms with E-state index < -0.39 is 23.6 Å². The molecule has 1 aliphatic rings. The third-order valence-electron chi connectivity index (χ3n) is 11.2. The van der Waals surface area contributed by atoms with Gasteiger partial charge in [0.15, 0.2) is 6.23 Å². The molecule has 3 heterocycles. The number of anilines is 2. The van der Waals surface area contributed by atoms with Crippen LogP contribution < -0.4 is 16.8 Å². The van der Waals surface area contributed by atoms with Crippen molar-refractivity contribution in [3.05, 3.63) is 180 Å². The molecule has 4 amide bonds. The number of hydrogen-bond donors (Lipinski definition) is 3. The zero-order valence-corrected chi connectivity index (χ0v) is 35.2. The number of carbonyl (C=O) groups excluding carboxylic acids is 4. The molecule has 1 aliphatic heterocycles. The van der Waals surface area contributed by atoms with Crippen LogP contribution in [0.25, 0.3) is 32.4 Å². The lowest BCUT2D eigenvalue weighted by molar-refractivity contribution is -0.145. The van der Waals surface area contributed by atoms with E-state index in [2.05, 4.69) is 15.4 Å². The van der Waals surface area contributed by atoms with E-state index >= 15 is 0 Å². The van der Waals surface area contributed by atoms with Crippen LogP contribution in [0.2, 0.25) is 0 Å². The average molecular weight is 853 g/mol. The smallest absolute Gasteiger partial charge is 0.314 e. The molecule has 0 saturated carbocycles. The van der Waals surface area contributed by atoms with E-state index in [1.54, 1.807) is 15.8 Å². The molecule has 1 unspecified atom stereocenters. The molecule has 8 aromatic rings. The lowest BCUT2D eigenvalue weighted by Crippen LogP contribution is -2.39. The SMILES string of the molecule is NC(=O)C(=O)N(Cc1ccccc1)Cc1cccc2ccccc12.Nc1ncc(NC(=O)C(=O)N(Cc2ccccc2)Cc2cccc3ccccc23)c2c1cnn2C1CCCCO1. The topological polar surface area (TPSA) is 179 Å². The van der Waals surface area contributed by atoms with Gasteiger partial charge in [-0.3, -0.25) is 19.2 Å². The first-order valence-corrected chi connectivity index (χ1v) is 21.2. The molecule has 0 bridgehead atoms. The summed E-state index contributed by atoms with van der Waals surface area (Å²) < 4.78 is 7.66. The standard InChI is InChI=1S/C31H30N6O3.C20H18N2O2/c32-29-25-17-34-37(27-15-6-7-16-40-27)28(25)26(18-33-29)35-30(38)31(39)36(19-21-9-2-1-3-10-21)20-23-13-8-12-22-11-4-5-14-24(22)23;21-19(23)20(24)22(13-15-7-2-1-3-8-15)14-17-11-6-10-16-9-4-5-12-18(16)17/h1-5,8-14,17-18,27H,6-7,15-16,19-20H2,(H2,32,33)(H,35,38);1-12H,13-14H2,(H2,21,23). The van der Waals surface area contributed by atoms with Gasteiger partial charge in [0.05, 0.1) is 23.5 Å². The van der Waals surface area contributed by atoms with Gasteiger partial charge in [-0.15, -0.1) is 0 Å². The van der Waals surface area contributed by atoms with Crippen LogP contribution in [0.4, 0.5) is 11.5 Å². The van der Waals surface area contributed by atoms with Crippen LogP contribution >= 0.6 is 0 Å². The van der Waals surface area contributed by atoms with E-state index in [0.29, 0.717) is 42.1 Å². The zero-order valence-electron chi connectivity index (χ0n) is 35.2. The monoisotopic (exact) mass is 852 g/mol. The number of fused-ring (bicyclic) bond motifs is 3. The summed E-state index contributed by atoms with van der Waals surface area (Å²) in [7, 11) is 0. The molecular weight excluding hydrogens is 805 g/mol. The van der Waals surface area contributed by atoms with Crippen molar-refractivity contribution < 1.29 is 23.9 Å². The number of hydrogen-bond acceptors (Lipinski definition) is 8. The van der Waals surface area contributed by atoms with E-state index in [-0.39, 0.29) is 19.3 Å². The Hall–Kier alpha value is -7.90. The van der Waals surface area contributed by atoms with Crippen LogP contribution in [0.1, 0.15) is 47.7 Å². The summed E-state index contributed by atoms with van der Waals surface area (Å²) in [4.78, 5) is 58.2. The second kappa shape index (κ2) is 19.9. The summed E-state index contributed by atoms with van der Waals surface area (Å²) in [6, 6.07) is 47.1. The molecule has 1 atom stereocenters. The Morgan fingerprint density at radius 2 is 1.16 bits per heavy atom. The van der Waals surface area contributed by atoms with Gasteiger partial charge in [-0.1, -0.05) is 146 Å². The fourth-order valence-corrected chi connectivity index (χ4v) is 8.06. The van der Waals surface area contributed by atoms with Gasteiger partial charge in [0.2, 0.25) is 0 Å². The Morgan fingerprint density at radius 1 is 0.625 bits per heavy atom. The molecule has 0 spiro atoms. The largest absolute Gasteiger partial charge is 0.383 e. The quantitative estimate of drug-likeness (QED) is 0.116. The molecular formula is C51H48N8O5. The van der Waals surface area contributed by atoms with Crippen molar-refractivity contribution in [2.75, 3.05) is 17.7 Å². The number of rotatable bonds is 10. The Morgan fingerprint density at radius 3 is 1.70 bits per heavy atom. The molecule has 0 aliphatic carbocycles. The third-order valence-corrected chi connectivity index (χ3v) is 11.2. The Kier molecular flexibility index (Phi) is 13.3. The van der Waals surface area contributed by atoms with E-state index in [1.807, 2.05) is 146 Å². The van der Waals surface area contributed by atoms with Crippen molar-refractivity contribution in [3.63, 3.8) is 0 Å². The Bertz CT molecular complexity index is 2920. The number of nitrogens with two attached hydrogens (primary N) is 2. The number of nitrogen functional groups attached to an aromatic ring is 1. The van der Waals surface area contributed by atoms with E-state index in [9.17, 15) is 19.2 Å². The van der Waals surface area contributed by atoms with Gasteiger partial charge in [0, 0.05) is 32.8 Å². The highest BCUT2D eigenvalue weighted by Crippen LogP contribution is 2.32. The predicted octanol–water partition coefficient (Wildman–Crippen LogP) is 7.89. The Balaban J connectivity index is 0.000000199. The number of carbonyl (C=O) groups is 4. The minimum Gasteiger partial charge on any atom is -0.383 e. The maximum atomic E-state index is 13.7. The van der Waals surface area contributed by atoms with Gasteiger partial charge < -0.3 is 31.3 Å². The minimum absolute atomic E-state index is 0.270. The maximum Gasteiger partial charge on any atom is 0.314 e. The molecule has 9 rings (SSSR count). The molecule has 1 fully saturated rings. The fourth-order valence-electron chi connectivity index (χ4n) is 8.06. The highest BCUT2D eigenvalue weighted by Gasteiger charge is 2.27. The normalized spacial score (nSPS) is 13.5. The van der Waals surface area contributed by atoms with E-state index in [1.165, 1.54) is 11.1 Å². The summed E-state index contributed by atoms with van der Waals surface area (Å²) in [5.74, 6) is -2.73. The predicted molar refractivity (Wildman–Crippen MR) is 248 cm³/mol. The lowest BCUT2D eigenvalue weighted by atomic mass is 10.0. The van der Waals surface area contributed by atoms with Gasteiger partial charge in [-0.2, -0.15) is 5.10 Å². The number of primary amides is 1. The molecule has 13 nitrogen and oxygen atoms in total. The van der Waals surface area contributed by atoms with Gasteiger partial charge in [0.1, 0.15) is 11.3 Å². The van der Waals surface area contributed by atoms with Crippen molar-refractivity contribution in [3.8, 4) is 0 Å². The van der Waals surface area contributed by atoms with Crippen LogP contribution in [0.15, 0.2) is 158 Å². The number of pyridine rings is 1. The fraction of sp³-hybridized carbons (Fsp3) is 0.176. The van der Waals surface area contributed by atoms with Crippen LogP contribution in [0, 0.1) is 0 Å². The number of nitrogens with zero attached hydrogens (tertiary/aromatic N) is 5. The second-order valence-corrected chi connectivity index (χ2v) is 15.6. The summed E-state index contributed by atoms with van der Waals surface area (Å²) >= 11 is 0. The summed E-state index contributed by atoms with van der Waals surface area (Å²) in [6.07, 6.45) is 5.60. The minimum atomic E-state index is -0.939. The number of benzene rings is 6. The van der Waals surface area contributed by atoms with Crippen molar-refractivity contribution in [2.45, 2.75) is 51.7 Å². The molecule has 0 radical (unpaired) electrons. The highest BCUT2D eigenvalue weighted by molar-refractivity contribution is 6.40. The van der Waals surface area contributed by atoms with Crippen LogP contribution in [-0.4, -0.2) is 54.8 Å². The van der Waals surface area contributed by atoms with Crippen LogP contribution in [0.5, 0.6) is 0 Å². The van der Waals surface area contributed by atoms with Gasteiger partial charge in [-0.05, 0) is 63.1 Å². The van der Waals surface area contributed by atoms with Crippen molar-refractivity contribution >= 4 is 67.6 Å². The Labute approximate surface area is 370 Å². The number of ether oxygens (including phenoxy) is 1. The van der Waals surface area contributed by atoms with Crippen LogP contribution in [0.3, 0.4) is 0 Å². The van der Waals surface area contributed by atoms with Gasteiger partial charge in [0.25, 0.3) is 0 Å². The lowest BCUT2D eigenvalue weighted by Gasteiger charge is -2.25. The first kappa shape index (κ1) is 42.8. The molecule has 5 N–H and O–H groups in total. The third kappa shape index (κ3) is 9.90. The summed E-state index contributed by atoms with van der Waals surface area (Å²) in [5, 5.41) is 12.2. The molecule has 64 heavy (non-hydrogen) atoms. The molecule has 6 aromatic carbocycles. The first-order chi connectivity index (χ1) is 31.2. The van der Waals surface area contributed by atoms with Crippen molar-refractivity contribution in [2.24, 2.45) is 5.73 Å².